The number of amides is 1. The zero-order valence-electron chi connectivity index (χ0n) is 17.7. The summed E-state index contributed by atoms with van der Waals surface area (Å²) in [5.74, 6) is -0.742. The molecule has 4 aromatic rings. The molecule has 158 valence electrons. The van der Waals surface area contributed by atoms with Crippen LogP contribution in [0.25, 0.3) is 11.1 Å². The smallest absolute Gasteiger partial charge is 0.258 e. The Balaban J connectivity index is 1.56. The minimum atomic E-state index is -0.482. The Kier molecular flexibility index (Phi) is 5.55. The van der Waals surface area contributed by atoms with Crippen LogP contribution in [0.3, 0.4) is 0 Å². The molecule has 0 radical (unpaired) electrons. The van der Waals surface area contributed by atoms with Crippen molar-refractivity contribution in [3.63, 3.8) is 0 Å². The van der Waals surface area contributed by atoms with Crippen LogP contribution in [-0.4, -0.2) is 16.8 Å². The van der Waals surface area contributed by atoms with Gasteiger partial charge in [0.2, 0.25) is 0 Å². The van der Waals surface area contributed by atoms with Gasteiger partial charge >= 0.3 is 0 Å². The minimum absolute atomic E-state index is 0.0108. The highest BCUT2D eigenvalue weighted by molar-refractivity contribution is 6.01. The molecule has 3 heteroatoms. The number of fused-ring (bicyclic) bond motifs is 1. The molecular formula is C29H24FNO. The summed E-state index contributed by atoms with van der Waals surface area (Å²) in [7, 11) is 0. The first kappa shape index (κ1) is 20.2. The van der Waals surface area contributed by atoms with Gasteiger partial charge in [-0.3, -0.25) is 4.79 Å². The van der Waals surface area contributed by atoms with Crippen molar-refractivity contribution < 1.29 is 9.18 Å². The Hall–Kier alpha value is -3.72. The van der Waals surface area contributed by atoms with Gasteiger partial charge in [-0.2, -0.15) is 0 Å². The van der Waals surface area contributed by atoms with Crippen molar-refractivity contribution in [3.8, 4) is 11.1 Å². The third-order valence-electron chi connectivity index (χ3n) is 6.24. The maximum atomic E-state index is 15.2. The van der Waals surface area contributed by atoms with Gasteiger partial charge in [0.05, 0.1) is 5.56 Å². The summed E-state index contributed by atoms with van der Waals surface area (Å²) >= 11 is 0. The van der Waals surface area contributed by atoms with E-state index in [4.69, 9.17) is 0 Å². The van der Waals surface area contributed by atoms with Crippen LogP contribution >= 0.6 is 0 Å². The van der Waals surface area contributed by atoms with Gasteiger partial charge in [-0.15, -0.1) is 0 Å². The first-order chi connectivity index (χ1) is 15.7. The molecule has 0 fully saturated rings. The second kappa shape index (κ2) is 8.80. The topological polar surface area (TPSA) is 20.3 Å². The lowest BCUT2D eigenvalue weighted by Gasteiger charge is -2.30. The SMILES string of the molecule is O=C(c1c(F)cccc1-c1ccccc1)N(Cc1ccccc1)C1Cc2ccccc2C1. The maximum Gasteiger partial charge on any atom is 0.258 e. The fourth-order valence-corrected chi connectivity index (χ4v) is 4.65. The fourth-order valence-electron chi connectivity index (χ4n) is 4.65. The summed E-state index contributed by atoms with van der Waals surface area (Å²) in [5, 5.41) is 0. The quantitative estimate of drug-likeness (QED) is 0.370. The zero-order valence-corrected chi connectivity index (χ0v) is 17.7. The summed E-state index contributed by atoms with van der Waals surface area (Å²) in [6.07, 6.45) is 1.56. The van der Waals surface area contributed by atoms with Crippen molar-refractivity contribution in [1.82, 2.24) is 4.90 Å². The highest BCUT2D eigenvalue weighted by Gasteiger charge is 2.32. The standard InChI is InChI=1S/C29H24FNO/c30-27-17-9-16-26(22-12-5-2-6-13-22)28(27)29(32)31(20-21-10-3-1-4-11-21)25-18-23-14-7-8-15-24(23)19-25/h1-17,25H,18-20H2. The molecule has 0 aliphatic heterocycles. The first-order valence-corrected chi connectivity index (χ1v) is 11.0. The minimum Gasteiger partial charge on any atom is -0.331 e. The number of nitrogens with zero attached hydrogens (tertiary/aromatic N) is 1. The molecule has 32 heavy (non-hydrogen) atoms. The predicted molar refractivity (Wildman–Crippen MR) is 126 cm³/mol. The lowest BCUT2D eigenvalue weighted by molar-refractivity contribution is 0.0664. The van der Waals surface area contributed by atoms with E-state index in [9.17, 15) is 4.79 Å². The van der Waals surface area contributed by atoms with Crippen molar-refractivity contribution in [3.05, 3.63) is 131 Å². The van der Waals surface area contributed by atoms with E-state index in [0.29, 0.717) is 12.1 Å². The highest BCUT2D eigenvalue weighted by Crippen LogP contribution is 2.31. The Morgan fingerprint density at radius 1 is 0.750 bits per heavy atom. The van der Waals surface area contributed by atoms with E-state index in [0.717, 1.165) is 24.0 Å². The molecule has 0 aromatic heterocycles. The Bertz CT molecular complexity index is 1210. The molecule has 0 heterocycles. The molecule has 1 aliphatic carbocycles. The normalized spacial score (nSPS) is 13.0. The first-order valence-electron chi connectivity index (χ1n) is 11.0. The highest BCUT2D eigenvalue weighted by atomic mass is 19.1. The average Bonchev–Trinajstić information content (AvgIpc) is 3.27. The molecule has 0 bridgehead atoms. The van der Waals surface area contributed by atoms with E-state index < -0.39 is 5.82 Å². The molecule has 0 saturated carbocycles. The molecule has 0 atom stereocenters. The Morgan fingerprint density at radius 2 is 1.34 bits per heavy atom. The number of carbonyl (C=O) groups is 1. The van der Waals surface area contributed by atoms with Crippen LogP contribution in [0.15, 0.2) is 103 Å². The molecule has 5 rings (SSSR count). The second-order valence-electron chi connectivity index (χ2n) is 8.28. The van der Waals surface area contributed by atoms with Gasteiger partial charge in [0.25, 0.3) is 5.91 Å². The van der Waals surface area contributed by atoms with Crippen LogP contribution < -0.4 is 0 Å². The van der Waals surface area contributed by atoms with Gasteiger partial charge in [0, 0.05) is 12.6 Å². The van der Waals surface area contributed by atoms with Gasteiger partial charge in [0.15, 0.2) is 0 Å². The van der Waals surface area contributed by atoms with Gasteiger partial charge < -0.3 is 4.90 Å². The fraction of sp³-hybridized carbons (Fsp3) is 0.138. The average molecular weight is 422 g/mol. The second-order valence-corrected chi connectivity index (χ2v) is 8.28. The number of benzene rings is 4. The van der Waals surface area contributed by atoms with Gasteiger partial charge in [0.1, 0.15) is 5.82 Å². The van der Waals surface area contributed by atoms with Gasteiger partial charge in [-0.05, 0) is 46.7 Å². The van der Waals surface area contributed by atoms with E-state index >= 15 is 4.39 Å². The van der Waals surface area contributed by atoms with E-state index in [-0.39, 0.29) is 17.5 Å². The van der Waals surface area contributed by atoms with Crippen LogP contribution in [-0.2, 0) is 19.4 Å². The van der Waals surface area contributed by atoms with E-state index in [1.807, 2.05) is 83.8 Å². The molecule has 1 amide bonds. The van der Waals surface area contributed by atoms with Crippen molar-refractivity contribution in [2.45, 2.75) is 25.4 Å². The Labute approximate surface area is 188 Å². The Morgan fingerprint density at radius 3 is 2.00 bits per heavy atom. The van der Waals surface area contributed by atoms with Crippen molar-refractivity contribution in [2.24, 2.45) is 0 Å². The third kappa shape index (κ3) is 3.94. The maximum absolute atomic E-state index is 15.2. The zero-order chi connectivity index (χ0) is 21.9. The number of halogens is 1. The van der Waals surface area contributed by atoms with Gasteiger partial charge in [-0.1, -0.05) is 97.1 Å². The van der Waals surface area contributed by atoms with Gasteiger partial charge in [-0.25, -0.2) is 4.39 Å². The van der Waals surface area contributed by atoms with E-state index in [2.05, 4.69) is 12.1 Å². The number of rotatable bonds is 5. The van der Waals surface area contributed by atoms with E-state index in [1.165, 1.54) is 17.2 Å². The largest absolute Gasteiger partial charge is 0.331 e. The van der Waals surface area contributed by atoms with Crippen LogP contribution in [0.4, 0.5) is 4.39 Å². The molecule has 1 aliphatic rings. The lowest BCUT2D eigenvalue weighted by atomic mass is 9.97. The lowest BCUT2D eigenvalue weighted by Crippen LogP contribution is -2.41. The molecule has 0 saturated heterocycles. The number of hydrogen-bond donors (Lipinski definition) is 0. The molecular weight excluding hydrogens is 397 g/mol. The summed E-state index contributed by atoms with van der Waals surface area (Å²) in [6, 6.07) is 32.7. The summed E-state index contributed by atoms with van der Waals surface area (Å²) in [4.78, 5) is 15.8. The van der Waals surface area contributed by atoms with Crippen molar-refractivity contribution in [1.29, 1.82) is 0 Å². The monoisotopic (exact) mass is 421 g/mol. The van der Waals surface area contributed by atoms with Crippen LogP contribution in [0.2, 0.25) is 0 Å². The van der Waals surface area contributed by atoms with Crippen LogP contribution in [0, 0.1) is 5.82 Å². The molecule has 0 unspecified atom stereocenters. The molecule has 0 spiro atoms. The number of carbonyl (C=O) groups excluding carboxylic acids is 1. The summed E-state index contributed by atoms with van der Waals surface area (Å²) in [6.45, 7) is 0.445. The van der Waals surface area contributed by atoms with E-state index in [1.54, 1.807) is 6.07 Å². The molecule has 2 nitrogen and oxygen atoms in total. The van der Waals surface area contributed by atoms with Crippen LogP contribution in [0.5, 0.6) is 0 Å². The molecule has 0 N–H and O–H groups in total. The van der Waals surface area contributed by atoms with Crippen molar-refractivity contribution in [2.75, 3.05) is 0 Å². The van der Waals surface area contributed by atoms with Crippen LogP contribution in [0.1, 0.15) is 27.0 Å². The van der Waals surface area contributed by atoms with Crippen molar-refractivity contribution >= 4 is 5.91 Å². The third-order valence-corrected chi connectivity index (χ3v) is 6.24. The molecule has 4 aromatic carbocycles. The predicted octanol–water partition coefficient (Wildman–Crippen LogP) is 6.30. The number of hydrogen-bond acceptors (Lipinski definition) is 1. The summed E-state index contributed by atoms with van der Waals surface area (Å²) in [5.41, 5.74) is 5.18. The summed E-state index contributed by atoms with van der Waals surface area (Å²) < 4.78 is 15.2.